The summed E-state index contributed by atoms with van der Waals surface area (Å²) in [6, 6.07) is 6.99. The van der Waals surface area contributed by atoms with Crippen LogP contribution in [0, 0.1) is 5.92 Å². The monoisotopic (exact) mass is 299 g/mol. The molecule has 114 valence electrons. The summed E-state index contributed by atoms with van der Waals surface area (Å²) >= 11 is 0. The standard InChI is InChI=1S/C15H25NO3S/c1-4-14-6-8-15(9-7-14)20(17,18)16-10-5-11-19-12-13(2)3/h6-9,13,16H,4-5,10-12H2,1-3H3. The summed E-state index contributed by atoms with van der Waals surface area (Å²) in [5.41, 5.74) is 1.13. The van der Waals surface area contributed by atoms with Crippen molar-refractivity contribution in [2.75, 3.05) is 19.8 Å². The Morgan fingerprint density at radius 1 is 1.20 bits per heavy atom. The van der Waals surface area contributed by atoms with Gasteiger partial charge in [-0.1, -0.05) is 32.9 Å². The van der Waals surface area contributed by atoms with Crippen LogP contribution >= 0.6 is 0 Å². The van der Waals surface area contributed by atoms with Crippen molar-refractivity contribution in [3.8, 4) is 0 Å². The third-order valence-electron chi connectivity index (χ3n) is 2.85. The van der Waals surface area contributed by atoms with E-state index in [0.29, 0.717) is 37.0 Å². The van der Waals surface area contributed by atoms with E-state index in [1.807, 2.05) is 19.1 Å². The first-order chi connectivity index (χ1) is 9.45. The lowest BCUT2D eigenvalue weighted by Crippen LogP contribution is -2.25. The molecule has 4 nitrogen and oxygen atoms in total. The first-order valence-electron chi connectivity index (χ1n) is 7.12. The van der Waals surface area contributed by atoms with Gasteiger partial charge in [-0.3, -0.25) is 0 Å². The van der Waals surface area contributed by atoms with Crippen LogP contribution in [0.2, 0.25) is 0 Å². The maximum Gasteiger partial charge on any atom is 0.240 e. The number of sulfonamides is 1. The van der Waals surface area contributed by atoms with Gasteiger partial charge in [0, 0.05) is 19.8 Å². The average Bonchev–Trinajstić information content (AvgIpc) is 2.42. The topological polar surface area (TPSA) is 55.4 Å². The summed E-state index contributed by atoms with van der Waals surface area (Å²) < 4.78 is 32.0. The molecule has 1 aromatic carbocycles. The Hall–Kier alpha value is -0.910. The Morgan fingerprint density at radius 3 is 2.40 bits per heavy atom. The van der Waals surface area contributed by atoms with E-state index >= 15 is 0 Å². The van der Waals surface area contributed by atoms with Crippen molar-refractivity contribution in [3.05, 3.63) is 29.8 Å². The van der Waals surface area contributed by atoms with E-state index in [9.17, 15) is 8.42 Å². The van der Waals surface area contributed by atoms with E-state index in [1.54, 1.807) is 12.1 Å². The highest BCUT2D eigenvalue weighted by molar-refractivity contribution is 7.89. The lowest BCUT2D eigenvalue weighted by molar-refractivity contribution is 0.108. The van der Waals surface area contributed by atoms with E-state index in [4.69, 9.17) is 4.74 Å². The molecule has 0 unspecified atom stereocenters. The van der Waals surface area contributed by atoms with Gasteiger partial charge in [0.25, 0.3) is 0 Å². The summed E-state index contributed by atoms with van der Waals surface area (Å²) in [7, 11) is -3.39. The fourth-order valence-electron chi connectivity index (χ4n) is 1.69. The maximum absolute atomic E-state index is 12.0. The van der Waals surface area contributed by atoms with E-state index in [2.05, 4.69) is 18.6 Å². The summed E-state index contributed by atoms with van der Waals surface area (Å²) in [6.45, 7) is 7.90. The highest BCUT2D eigenvalue weighted by atomic mass is 32.2. The summed E-state index contributed by atoms with van der Waals surface area (Å²) in [4.78, 5) is 0.317. The number of rotatable bonds is 9. The Kier molecular flexibility index (Phi) is 7.19. The summed E-state index contributed by atoms with van der Waals surface area (Å²) in [5, 5.41) is 0. The van der Waals surface area contributed by atoms with Gasteiger partial charge >= 0.3 is 0 Å². The minimum Gasteiger partial charge on any atom is -0.381 e. The Balaban J connectivity index is 2.37. The van der Waals surface area contributed by atoms with Crippen molar-refractivity contribution in [2.24, 2.45) is 5.92 Å². The molecular formula is C15H25NO3S. The van der Waals surface area contributed by atoms with Crippen LogP contribution in [0.4, 0.5) is 0 Å². The van der Waals surface area contributed by atoms with Crippen LogP contribution in [0.3, 0.4) is 0 Å². The molecule has 0 radical (unpaired) electrons. The van der Waals surface area contributed by atoms with Gasteiger partial charge in [-0.05, 0) is 36.5 Å². The lowest BCUT2D eigenvalue weighted by atomic mass is 10.2. The van der Waals surface area contributed by atoms with Gasteiger partial charge in [0.15, 0.2) is 0 Å². The number of aryl methyl sites for hydroxylation is 1. The molecule has 0 atom stereocenters. The molecule has 20 heavy (non-hydrogen) atoms. The third kappa shape index (κ3) is 6.03. The SMILES string of the molecule is CCc1ccc(S(=O)(=O)NCCCOCC(C)C)cc1. The fourth-order valence-corrected chi connectivity index (χ4v) is 2.76. The molecule has 0 heterocycles. The molecule has 0 aliphatic carbocycles. The predicted octanol–water partition coefficient (Wildman–Crippen LogP) is 2.59. The normalized spacial score (nSPS) is 12.0. The number of hydrogen-bond acceptors (Lipinski definition) is 3. The number of nitrogens with one attached hydrogen (secondary N) is 1. The van der Waals surface area contributed by atoms with Crippen LogP contribution < -0.4 is 4.72 Å². The zero-order chi connectivity index (χ0) is 15.0. The van der Waals surface area contributed by atoms with Crippen molar-refractivity contribution in [2.45, 2.75) is 38.5 Å². The van der Waals surface area contributed by atoms with Crippen LogP contribution in [-0.4, -0.2) is 28.2 Å². The lowest BCUT2D eigenvalue weighted by Gasteiger charge is -2.09. The molecule has 0 bridgehead atoms. The van der Waals surface area contributed by atoms with Crippen LogP contribution in [-0.2, 0) is 21.2 Å². The minimum absolute atomic E-state index is 0.317. The molecule has 0 aliphatic heterocycles. The van der Waals surface area contributed by atoms with Gasteiger partial charge in [0.1, 0.15) is 0 Å². The second-order valence-corrected chi connectivity index (χ2v) is 6.98. The Labute approximate surface area is 122 Å². The van der Waals surface area contributed by atoms with Crippen molar-refractivity contribution in [3.63, 3.8) is 0 Å². The molecule has 0 fully saturated rings. The average molecular weight is 299 g/mol. The molecule has 5 heteroatoms. The van der Waals surface area contributed by atoms with Crippen LogP contribution in [0.25, 0.3) is 0 Å². The Bertz CT molecular complexity index is 480. The van der Waals surface area contributed by atoms with Crippen molar-refractivity contribution < 1.29 is 13.2 Å². The van der Waals surface area contributed by atoms with Gasteiger partial charge in [-0.25, -0.2) is 13.1 Å². The first-order valence-corrected chi connectivity index (χ1v) is 8.60. The number of benzene rings is 1. The zero-order valence-electron chi connectivity index (χ0n) is 12.6. The van der Waals surface area contributed by atoms with Gasteiger partial charge in [0.05, 0.1) is 4.90 Å². The second-order valence-electron chi connectivity index (χ2n) is 5.22. The van der Waals surface area contributed by atoms with Gasteiger partial charge in [0.2, 0.25) is 10.0 Å². The van der Waals surface area contributed by atoms with E-state index in [1.165, 1.54) is 0 Å². The molecule has 0 saturated carbocycles. The number of hydrogen-bond donors (Lipinski definition) is 1. The molecule has 0 aliphatic rings. The molecule has 0 spiro atoms. The molecule has 1 aromatic rings. The molecule has 0 aromatic heterocycles. The third-order valence-corrected chi connectivity index (χ3v) is 4.33. The fraction of sp³-hybridized carbons (Fsp3) is 0.600. The largest absolute Gasteiger partial charge is 0.381 e. The Morgan fingerprint density at radius 2 is 1.85 bits per heavy atom. The van der Waals surface area contributed by atoms with Gasteiger partial charge in [-0.2, -0.15) is 0 Å². The zero-order valence-corrected chi connectivity index (χ0v) is 13.4. The van der Waals surface area contributed by atoms with Gasteiger partial charge < -0.3 is 4.74 Å². The number of ether oxygens (including phenoxy) is 1. The first kappa shape index (κ1) is 17.1. The minimum atomic E-state index is -3.39. The second kappa shape index (κ2) is 8.39. The van der Waals surface area contributed by atoms with Crippen LogP contribution in [0.5, 0.6) is 0 Å². The smallest absolute Gasteiger partial charge is 0.240 e. The molecular weight excluding hydrogens is 274 g/mol. The quantitative estimate of drug-likeness (QED) is 0.713. The van der Waals surface area contributed by atoms with E-state index in [-0.39, 0.29) is 0 Å². The molecule has 0 saturated heterocycles. The van der Waals surface area contributed by atoms with E-state index < -0.39 is 10.0 Å². The molecule has 1 N–H and O–H groups in total. The highest BCUT2D eigenvalue weighted by Gasteiger charge is 2.12. The summed E-state index contributed by atoms with van der Waals surface area (Å²) in [6.07, 6.45) is 1.58. The maximum atomic E-state index is 12.0. The van der Waals surface area contributed by atoms with Crippen molar-refractivity contribution in [1.29, 1.82) is 0 Å². The summed E-state index contributed by atoms with van der Waals surface area (Å²) in [5.74, 6) is 0.503. The van der Waals surface area contributed by atoms with Crippen molar-refractivity contribution in [1.82, 2.24) is 4.72 Å². The molecule has 0 amide bonds. The predicted molar refractivity (Wildman–Crippen MR) is 81.3 cm³/mol. The highest BCUT2D eigenvalue weighted by Crippen LogP contribution is 2.10. The van der Waals surface area contributed by atoms with Crippen molar-refractivity contribution >= 4 is 10.0 Å². The van der Waals surface area contributed by atoms with Crippen LogP contribution in [0.15, 0.2) is 29.2 Å². The molecule has 1 rings (SSSR count). The van der Waals surface area contributed by atoms with E-state index in [0.717, 1.165) is 12.0 Å². The van der Waals surface area contributed by atoms with Crippen LogP contribution in [0.1, 0.15) is 32.8 Å². The van der Waals surface area contributed by atoms with Gasteiger partial charge in [-0.15, -0.1) is 0 Å².